The lowest BCUT2D eigenvalue weighted by Crippen LogP contribution is -2.45. The number of likely N-dealkylation sites (tertiary alicyclic amines) is 1. The van der Waals surface area contributed by atoms with E-state index in [1.54, 1.807) is 7.05 Å². The highest BCUT2D eigenvalue weighted by atomic mass is 127. The van der Waals surface area contributed by atoms with Gasteiger partial charge in [-0.2, -0.15) is 0 Å². The van der Waals surface area contributed by atoms with E-state index in [1.165, 1.54) is 12.8 Å². The Morgan fingerprint density at radius 2 is 2.07 bits per heavy atom. The molecule has 1 aliphatic heterocycles. The van der Waals surface area contributed by atoms with Gasteiger partial charge < -0.3 is 20.3 Å². The van der Waals surface area contributed by atoms with Crippen LogP contribution in [0.25, 0.3) is 0 Å². The Morgan fingerprint density at radius 3 is 2.76 bits per heavy atom. The van der Waals surface area contributed by atoms with E-state index in [1.807, 2.05) is 30.0 Å². The molecule has 2 fully saturated rings. The molecule has 1 aromatic rings. The van der Waals surface area contributed by atoms with Gasteiger partial charge in [-0.05, 0) is 38.3 Å². The summed E-state index contributed by atoms with van der Waals surface area (Å²) in [4.78, 5) is 19.0. The highest BCUT2D eigenvalue weighted by Gasteiger charge is 2.32. The molecule has 1 atom stereocenters. The lowest BCUT2D eigenvalue weighted by molar-refractivity contribution is -0.134. The van der Waals surface area contributed by atoms with E-state index >= 15 is 0 Å². The quantitative estimate of drug-likeness (QED) is 0.331. The molecule has 1 heterocycles. The van der Waals surface area contributed by atoms with Crippen LogP contribution in [-0.2, 0) is 11.3 Å². The second kappa shape index (κ2) is 11.8. The molecule has 0 radical (unpaired) electrons. The first-order valence-electron chi connectivity index (χ1n) is 10.3. The smallest absolute Gasteiger partial charge is 0.225 e. The summed E-state index contributed by atoms with van der Waals surface area (Å²) in [6.07, 6.45) is 5.44. The number of rotatable bonds is 6. The molecule has 1 saturated carbocycles. The molecule has 29 heavy (non-hydrogen) atoms. The van der Waals surface area contributed by atoms with E-state index < -0.39 is 0 Å². The summed E-state index contributed by atoms with van der Waals surface area (Å²) in [5, 5.41) is 7.45. The van der Waals surface area contributed by atoms with Gasteiger partial charge in [0, 0.05) is 49.2 Å². The van der Waals surface area contributed by atoms with Gasteiger partial charge in [-0.25, -0.2) is 0 Å². The first-order chi connectivity index (χ1) is 13.6. The van der Waals surface area contributed by atoms with Crippen molar-refractivity contribution in [3.8, 4) is 5.75 Å². The number of halogens is 2. The number of nitrogens with one attached hydrogen (secondary N) is 2. The van der Waals surface area contributed by atoms with Crippen LogP contribution in [0.5, 0.6) is 5.75 Å². The van der Waals surface area contributed by atoms with E-state index in [4.69, 9.17) is 16.3 Å². The van der Waals surface area contributed by atoms with Gasteiger partial charge in [-0.15, -0.1) is 24.0 Å². The number of aliphatic imine (C=N–C) groups is 1. The zero-order valence-corrected chi connectivity index (χ0v) is 20.3. The van der Waals surface area contributed by atoms with Crippen molar-refractivity contribution in [1.82, 2.24) is 15.5 Å². The molecule has 1 amide bonds. The van der Waals surface area contributed by atoms with Gasteiger partial charge in [0.15, 0.2) is 5.96 Å². The highest BCUT2D eigenvalue weighted by molar-refractivity contribution is 14.0. The van der Waals surface area contributed by atoms with Gasteiger partial charge in [0.05, 0.1) is 6.61 Å². The van der Waals surface area contributed by atoms with Crippen molar-refractivity contribution in [2.24, 2.45) is 10.9 Å². The predicted molar refractivity (Wildman–Crippen MR) is 128 cm³/mol. The average Bonchev–Trinajstić information content (AvgIpc) is 3.38. The summed E-state index contributed by atoms with van der Waals surface area (Å²) in [7, 11) is 1.76. The number of hydrogen-bond donors (Lipinski definition) is 2. The van der Waals surface area contributed by atoms with Gasteiger partial charge in [-0.1, -0.05) is 30.5 Å². The summed E-state index contributed by atoms with van der Waals surface area (Å²) in [5.74, 6) is 2.11. The van der Waals surface area contributed by atoms with Gasteiger partial charge in [-0.3, -0.25) is 9.79 Å². The van der Waals surface area contributed by atoms with Crippen LogP contribution in [0.1, 0.15) is 44.6 Å². The second-order valence-electron chi connectivity index (χ2n) is 7.51. The Morgan fingerprint density at radius 1 is 1.31 bits per heavy atom. The molecular formula is C21H32ClIN4O2. The largest absolute Gasteiger partial charge is 0.493 e. The number of ether oxygens (including phenoxy) is 1. The first-order valence-corrected chi connectivity index (χ1v) is 10.7. The predicted octanol–water partition coefficient (Wildman–Crippen LogP) is 3.81. The SMILES string of the molecule is CCOc1cc(Cl)ccc1CNC(=NC)NC1CCN(C(=O)C2CCCC2)C1.I. The molecule has 2 aliphatic rings. The molecule has 6 nitrogen and oxygen atoms in total. The van der Waals surface area contributed by atoms with Crippen molar-refractivity contribution in [2.75, 3.05) is 26.7 Å². The zero-order chi connectivity index (χ0) is 19.9. The van der Waals surface area contributed by atoms with E-state index in [-0.39, 0.29) is 35.9 Å². The van der Waals surface area contributed by atoms with Crippen molar-refractivity contribution in [3.05, 3.63) is 28.8 Å². The van der Waals surface area contributed by atoms with E-state index in [0.29, 0.717) is 24.1 Å². The molecule has 1 unspecified atom stereocenters. The molecular weight excluding hydrogens is 503 g/mol. The molecule has 1 aliphatic carbocycles. The zero-order valence-electron chi connectivity index (χ0n) is 17.2. The van der Waals surface area contributed by atoms with Crippen LogP contribution in [0.15, 0.2) is 23.2 Å². The highest BCUT2D eigenvalue weighted by Crippen LogP contribution is 2.28. The maximum atomic E-state index is 12.6. The number of carbonyl (C=O) groups excluding carboxylic acids is 1. The maximum Gasteiger partial charge on any atom is 0.225 e. The van der Waals surface area contributed by atoms with Gasteiger partial charge in [0.25, 0.3) is 0 Å². The minimum Gasteiger partial charge on any atom is -0.493 e. The van der Waals surface area contributed by atoms with Crippen LogP contribution >= 0.6 is 35.6 Å². The van der Waals surface area contributed by atoms with Gasteiger partial charge in [0.2, 0.25) is 5.91 Å². The Hall–Kier alpha value is -1.22. The Balaban J connectivity index is 0.00000300. The molecule has 162 valence electrons. The van der Waals surface area contributed by atoms with E-state index in [9.17, 15) is 4.79 Å². The normalized spacial score (nSPS) is 19.8. The number of carbonyl (C=O) groups is 1. The van der Waals surface area contributed by atoms with E-state index in [2.05, 4.69) is 15.6 Å². The van der Waals surface area contributed by atoms with Crippen LogP contribution in [0.4, 0.5) is 0 Å². The van der Waals surface area contributed by atoms with Crippen LogP contribution in [-0.4, -0.2) is 49.6 Å². The molecule has 0 bridgehead atoms. The van der Waals surface area contributed by atoms with Crippen LogP contribution in [0.3, 0.4) is 0 Å². The number of guanidine groups is 1. The maximum absolute atomic E-state index is 12.6. The molecule has 8 heteroatoms. The molecule has 3 rings (SSSR count). The topological polar surface area (TPSA) is 66.0 Å². The standard InChI is InChI=1S/C21H31ClN4O2.HI/c1-3-28-19-12-17(22)9-8-16(19)13-24-21(23-2)25-18-10-11-26(14-18)20(27)15-6-4-5-7-15;/h8-9,12,15,18H,3-7,10-11,13-14H2,1-2H3,(H2,23,24,25);1H. The van der Waals surface area contributed by atoms with Crippen molar-refractivity contribution in [2.45, 2.75) is 51.6 Å². The molecule has 1 aromatic carbocycles. The van der Waals surface area contributed by atoms with Gasteiger partial charge >= 0.3 is 0 Å². The Kier molecular flexibility index (Phi) is 9.82. The van der Waals surface area contributed by atoms with Gasteiger partial charge in [0.1, 0.15) is 5.75 Å². The fraction of sp³-hybridized carbons (Fsp3) is 0.619. The van der Waals surface area contributed by atoms with Crippen molar-refractivity contribution < 1.29 is 9.53 Å². The Bertz CT molecular complexity index is 710. The third kappa shape index (κ3) is 6.64. The summed E-state index contributed by atoms with van der Waals surface area (Å²) in [6, 6.07) is 5.89. The Labute approximate surface area is 195 Å². The van der Waals surface area contributed by atoms with E-state index in [0.717, 1.165) is 49.6 Å². The fourth-order valence-corrected chi connectivity index (χ4v) is 4.20. The molecule has 0 aromatic heterocycles. The van der Waals surface area contributed by atoms with Crippen LogP contribution in [0, 0.1) is 5.92 Å². The number of benzene rings is 1. The number of nitrogens with zero attached hydrogens (tertiary/aromatic N) is 2. The van der Waals surface area contributed by atoms with Crippen LogP contribution in [0.2, 0.25) is 5.02 Å². The molecule has 2 N–H and O–H groups in total. The van der Waals surface area contributed by atoms with Crippen molar-refractivity contribution in [1.29, 1.82) is 0 Å². The lowest BCUT2D eigenvalue weighted by atomic mass is 10.1. The lowest BCUT2D eigenvalue weighted by Gasteiger charge is -2.21. The molecule has 1 saturated heterocycles. The minimum atomic E-state index is 0. The van der Waals surface area contributed by atoms with Crippen molar-refractivity contribution in [3.63, 3.8) is 0 Å². The van der Waals surface area contributed by atoms with Crippen molar-refractivity contribution >= 4 is 47.4 Å². The average molecular weight is 535 g/mol. The summed E-state index contributed by atoms with van der Waals surface area (Å²) >= 11 is 6.07. The monoisotopic (exact) mass is 534 g/mol. The van der Waals surface area contributed by atoms with Crippen LogP contribution < -0.4 is 15.4 Å². The summed E-state index contributed by atoms with van der Waals surface area (Å²) < 4.78 is 5.68. The second-order valence-corrected chi connectivity index (χ2v) is 7.94. The number of amides is 1. The molecule has 0 spiro atoms. The number of hydrogen-bond acceptors (Lipinski definition) is 3. The summed E-state index contributed by atoms with van der Waals surface area (Å²) in [5.41, 5.74) is 1.03. The third-order valence-corrected chi connectivity index (χ3v) is 5.78. The minimum absolute atomic E-state index is 0. The fourth-order valence-electron chi connectivity index (χ4n) is 4.04. The summed E-state index contributed by atoms with van der Waals surface area (Å²) in [6.45, 7) is 4.71. The first kappa shape index (κ1) is 24.1. The third-order valence-electron chi connectivity index (χ3n) is 5.54.